The van der Waals surface area contributed by atoms with Gasteiger partial charge < -0.3 is 9.64 Å². The highest BCUT2D eigenvalue weighted by Crippen LogP contribution is 2.28. The van der Waals surface area contributed by atoms with E-state index in [4.69, 9.17) is 4.74 Å². The van der Waals surface area contributed by atoms with Crippen LogP contribution in [0, 0.1) is 6.92 Å². The predicted molar refractivity (Wildman–Crippen MR) is 94.8 cm³/mol. The van der Waals surface area contributed by atoms with Gasteiger partial charge in [0.2, 0.25) is 10.0 Å². The standard InChI is InChI=1S/C16H26N2O4S2/c1-12-6-9-14(23-12)24(20,21)17-10-5-11-18(13-7-8-13)15(19)22-16(2,3)4/h6,9,13,17H,5,7-8,10-11H2,1-4H3. The number of nitrogens with zero attached hydrogens (tertiary/aromatic N) is 1. The molecule has 6 nitrogen and oxygen atoms in total. The number of thiophene rings is 1. The Hall–Kier alpha value is -1.12. The van der Waals surface area contributed by atoms with Gasteiger partial charge in [-0.05, 0) is 59.1 Å². The summed E-state index contributed by atoms with van der Waals surface area (Å²) in [5.41, 5.74) is -0.525. The molecular formula is C16H26N2O4S2. The number of carbonyl (C=O) groups excluding carboxylic acids is 1. The van der Waals surface area contributed by atoms with Crippen LogP contribution in [0.15, 0.2) is 16.3 Å². The first-order valence-electron chi connectivity index (χ1n) is 8.14. The smallest absolute Gasteiger partial charge is 0.410 e. The molecule has 1 heterocycles. The zero-order chi connectivity index (χ0) is 18.0. The maximum atomic E-state index is 12.2. The van der Waals surface area contributed by atoms with Gasteiger partial charge in [-0.2, -0.15) is 0 Å². The number of carbonyl (C=O) groups is 1. The lowest BCUT2D eigenvalue weighted by molar-refractivity contribution is 0.0232. The van der Waals surface area contributed by atoms with E-state index >= 15 is 0 Å². The molecule has 2 rings (SSSR count). The van der Waals surface area contributed by atoms with Gasteiger partial charge in [0.25, 0.3) is 0 Å². The summed E-state index contributed by atoms with van der Waals surface area (Å²) < 4.78 is 32.6. The number of aryl methyl sites for hydroxylation is 1. The molecule has 1 aliphatic carbocycles. The van der Waals surface area contributed by atoms with E-state index in [0.29, 0.717) is 23.7 Å². The van der Waals surface area contributed by atoms with Crippen molar-refractivity contribution in [2.75, 3.05) is 13.1 Å². The van der Waals surface area contributed by atoms with Crippen molar-refractivity contribution in [1.29, 1.82) is 0 Å². The van der Waals surface area contributed by atoms with Crippen molar-refractivity contribution in [2.24, 2.45) is 0 Å². The Bertz CT molecular complexity index is 672. The molecule has 0 unspecified atom stereocenters. The van der Waals surface area contributed by atoms with Gasteiger partial charge in [0, 0.05) is 24.0 Å². The van der Waals surface area contributed by atoms with Crippen LogP contribution in [0.1, 0.15) is 44.9 Å². The molecule has 1 aromatic rings. The highest BCUT2D eigenvalue weighted by Gasteiger charge is 2.34. The van der Waals surface area contributed by atoms with E-state index in [1.807, 2.05) is 27.7 Å². The van der Waals surface area contributed by atoms with E-state index in [1.54, 1.807) is 17.0 Å². The quantitative estimate of drug-likeness (QED) is 0.744. The average molecular weight is 375 g/mol. The van der Waals surface area contributed by atoms with Crippen LogP contribution in [-0.2, 0) is 14.8 Å². The third kappa shape index (κ3) is 5.75. The third-order valence-electron chi connectivity index (χ3n) is 3.46. The number of hydrogen-bond donors (Lipinski definition) is 1. The van der Waals surface area contributed by atoms with Crippen LogP contribution in [0.3, 0.4) is 0 Å². The van der Waals surface area contributed by atoms with Crippen LogP contribution in [0.2, 0.25) is 0 Å². The Morgan fingerprint density at radius 2 is 2.04 bits per heavy atom. The lowest BCUT2D eigenvalue weighted by Crippen LogP contribution is -2.39. The number of hydrogen-bond acceptors (Lipinski definition) is 5. The largest absolute Gasteiger partial charge is 0.444 e. The number of sulfonamides is 1. The van der Waals surface area contributed by atoms with Crippen LogP contribution in [0.5, 0.6) is 0 Å². The van der Waals surface area contributed by atoms with Crippen molar-refractivity contribution in [3.8, 4) is 0 Å². The first-order valence-corrected chi connectivity index (χ1v) is 10.4. The molecule has 0 aromatic carbocycles. The summed E-state index contributed by atoms with van der Waals surface area (Å²) in [6.45, 7) is 8.18. The second-order valence-electron chi connectivity index (χ2n) is 7.02. The molecule has 1 amide bonds. The maximum Gasteiger partial charge on any atom is 0.410 e. The SMILES string of the molecule is Cc1ccc(S(=O)(=O)NCCCN(C(=O)OC(C)(C)C)C2CC2)s1. The van der Waals surface area contributed by atoms with Gasteiger partial charge >= 0.3 is 6.09 Å². The third-order valence-corrected chi connectivity index (χ3v) is 6.42. The first kappa shape index (κ1) is 19.2. The Kier molecular flexibility index (Phi) is 5.93. The Morgan fingerprint density at radius 3 is 2.54 bits per heavy atom. The highest BCUT2D eigenvalue weighted by atomic mass is 32.2. The molecule has 0 radical (unpaired) electrons. The lowest BCUT2D eigenvalue weighted by Gasteiger charge is -2.27. The van der Waals surface area contributed by atoms with E-state index in [1.165, 1.54) is 11.3 Å². The highest BCUT2D eigenvalue weighted by molar-refractivity contribution is 7.91. The zero-order valence-corrected chi connectivity index (χ0v) is 16.3. The molecule has 136 valence electrons. The second-order valence-corrected chi connectivity index (χ2v) is 10.3. The summed E-state index contributed by atoms with van der Waals surface area (Å²) in [6.07, 6.45) is 2.21. The lowest BCUT2D eigenvalue weighted by atomic mass is 10.2. The molecule has 0 saturated heterocycles. The number of amides is 1. The van der Waals surface area contributed by atoms with Gasteiger partial charge in [0.15, 0.2) is 0 Å². The van der Waals surface area contributed by atoms with Crippen molar-refractivity contribution < 1.29 is 17.9 Å². The zero-order valence-electron chi connectivity index (χ0n) is 14.7. The van der Waals surface area contributed by atoms with E-state index in [2.05, 4.69) is 4.72 Å². The Balaban J connectivity index is 1.82. The summed E-state index contributed by atoms with van der Waals surface area (Å²) >= 11 is 1.25. The summed E-state index contributed by atoms with van der Waals surface area (Å²) in [5.74, 6) is 0. The second kappa shape index (κ2) is 7.41. The summed E-state index contributed by atoms with van der Waals surface area (Å²) in [5, 5.41) is 0. The number of ether oxygens (including phenoxy) is 1. The van der Waals surface area contributed by atoms with Crippen LogP contribution in [0.4, 0.5) is 4.79 Å². The minimum absolute atomic E-state index is 0.233. The minimum Gasteiger partial charge on any atom is -0.444 e. The molecule has 0 bridgehead atoms. The van der Waals surface area contributed by atoms with Crippen molar-refractivity contribution >= 4 is 27.5 Å². The predicted octanol–water partition coefficient (Wildman–Crippen LogP) is 3.12. The van der Waals surface area contributed by atoms with Crippen LogP contribution in [0.25, 0.3) is 0 Å². The molecular weight excluding hydrogens is 348 g/mol. The molecule has 1 N–H and O–H groups in total. The summed E-state index contributed by atoms with van der Waals surface area (Å²) in [6, 6.07) is 3.63. The van der Waals surface area contributed by atoms with E-state index < -0.39 is 15.6 Å². The molecule has 24 heavy (non-hydrogen) atoms. The van der Waals surface area contributed by atoms with Gasteiger partial charge in [0.05, 0.1) is 0 Å². The van der Waals surface area contributed by atoms with Crippen LogP contribution >= 0.6 is 11.3 Å². The van der Waals surface area contributed by atoms with Gasteiger partial charge in [-0.3, -0.25) is 0 Å². The minimum atomic E-state index is -3.46. The molecule has 1 saturated carbocycles. The Labute approximate surface area is 148 Å². The van der Waals surface area contributed by atoms with Crippen molar-refractivity contribution in [3.05, 3.63) is 17.0 Å². The van der Waals surface area contributed by atoms with E-state index in [-0.39, 0.29) is 12.1 Å². The fraction of sp³-hybridized carbons (Fsp3) is 0.688. The molecule has 1 fully saturated rings. The summed E-state index contributed by atoms with van der Waals surface area (Å²) in [4.78, 5) is 14.9. The molecule has 1 aliphatic rings. The van der Waals surface area contributed by atoms with Gasteiger partial charge in [-0.15, -0.1) is 11.3 Å². The van der Waals surface area contributed by atoms with Gasteiger partial charge in [-0.1, -0.05) is 0 Å². The molecule has 0 spiro atoms. The maximum absolute atomic E-state index is 12.2. The normalized spacial score (nSPS) is 15.3. The van der Waals surface area contributed by atoms with Gasteiger partial charge in [-0.25, -0.2) is 17.9 Å². The summed E-state index contributed by atoms with van der Waals surface area (Å²) in [7, 11) is -3.46. The average Bonchev–Trinajstić information content (AvgIpc) is 3.16. The molecule has 1 aromatic heterocycles. The van der Waals surface area contributed by atoms with Crippen LogP contribution in [-0.4, -0.2) is 44.1 Å². The van der Waals surface area contributed by atoms with E-state index in [9.17, 15) is 13.2 Å². The number of nitrogens with one attached hydrogen (secondary N) is 1. The van der Waals surface area contributed by atoms with Crippen LogP contribution < -0.4 is 4.72 Å². The van der Waals surface area contributed by atoms with Crippen molar-refractivity contribution in [3.63, 3.8) is 0 Å². The first-order chi connectivity index (χ1) is 11.1. The van der Waals surface area contributed by atoms with Gasteiger partial charge in [0.1, 0.15) is 9.81 Å². The van der Waals surface area contributed by atoms with Crippen molar-refractivity contribution in [1.82, 2.24) is 9.62 Å². The topological polar surface area (TPSA) is 75.7 Å². The molecule has 0 aliphatic heterocycles. The molecule has 0 atom stereocenters. The monoisotopic (exact) mass is 374 g/mol. The van der Waals surface area contributed by atoms with E-state index in [0.717, 1.165) is 17.7 Å². The fourth-order valence-electron chi connectivity index (χ4n) is 2.21. The Morgan fingerprint density at radius 1 is 1.38 bits per heavy atom. The van der Waals surface area contributed by atoms with Crippen molar-refractivity contribution in [2.45, 2.75) is 62.8 Å². The number of rotatable bonds is 7. The molecule has 8 heteroatoms. The fourth-order valence-corrected chi connectivity index (χ4v) is 4.62.